The van der Waals surface area contributed by atoms with Crippen LogP contribution < -0.4 is 16.0 Å². The first-order chi connectivity index (χ1) is 18.0. The third kappa shape index (κ3) is 6.78. The zero-order valence-electron chi connectivity index (χ0n) is 21.0. The fourth-order valence-electron chi connectivity index (χ4n) is 4.60. The van der Waals surface area contributed by atoms with Crippen LogP contribution in [0.15, 0.2) is 41.4 Å². The molecule has 0 spiro atoms. The maximum absolute atomic E-state index is 12.8. The Bertz CT molecular complexity index is 1180. The van der Waals surface area contributed by atoms with Crippen LogP contribution in [0.5, 0.6) is 0 Å². The van der Waals surface area contributed by atoms with Gasteiger partial charge in [-0.3, -0.25) is 14.6 Å². The van der Waals surface area contributed by atoms with E-state index in [0.29, 0.717) is 18.5 Å². The Labute approximate surface area is 215 Å². The minimum atomic E-state index is -1.18. The average molecular weight is 508 g/mol. The van der Waals surface area contributed by atoms with Gasteiger partial charge in [-0.25, -0.2) is 9.79 Å². The number of amides is 2. The van der Waals surface area contributed by atoms with E-state index < -0.39 is 24.0 Å². The summed E-state index contributed by atoms with van der Waals surface area (Å²) >= 11 is 0. The lowest BCUT2D eigenvalue weighted by molar-refractivity contribution is -0.141. The number of ether oxygens (including phenoxy) is 1. The molecule has 2 atom stereocenters. The SMILES string of the molecule is COC1C(C(=O)NC(CCNC(=O)CCCCc2ccc3c(n2)CCNC3)C(=O)O)=Nc2ccccc21. The number of carboxylic acid groups (broad SMARTS) is 1. The summed E-state index contributed by atoms with van der Waals surface area (Å²) in [7, 11) is 1.47. The predicted octanol–water partition coefficient (Wildman–Crippen LogP) is 1.99. The molecule has 0 bridgehead atoms. The van der Waals surface area contributed by atoms with Crippen LogP contribution in [-0.2, 0) is 38.5 Å². The Balaban J connectivity index is 1.17. The number of unbranched alkanes of at least 4 members (excludes halogenated alkanes) is 1. The molecule has 0 radical (unpaired) electrons. The molecule has 2 amide bonds. The molecule has 0 fully saturated rings. The number of aliphatic imine (C=N–C) groups is 1. The van der Waals surface area contributed by atoms with Gasteiger partial charge in [0.1, 0.15) is 17.9 Å². The van der Waals surface area contributed by atoms with Gasteiger partial charge in [-0.15, -0.1) is 0 Å². The number of pyridine rings is 1. The van der Waals surface area contributed by atoms with Gasteiger partial charge in [0, 0.05) is 56.5 Å². The van der Waals surface area contributed by atoms with Gasteiger partial charge in [-0.05, 0) is 43.4 Å². The van der Waals surface area contributed by atoms with E-state index in [1.165, 1.54) is 12.7 Å². The molecule has 1 aromatic heterocycles. The lowest BCUT2D eigenvalue weighted by atomic mass is 10.0. The number of para-hydroxylation sites is 1. The first-order valence-electron chi connectivity index (χ1n) is 12.7. The molecule has 1 aromatic carbocycles. The number of aromatic nitrogens is 1. The summed E-state index contributed by atoms with van der Waals surface area (Å²) in [6, 6.07) is 10.2. The van der Waals surface area contributed by atoms with E-state index >= 15 is 0 Å². The molecule has 0 aliphatic carbocycles. The molecule has 2 unspecified atom stereocenters. The van der Waals surface area contributed by atoms with Crippen molar-refractivity contribution in [3.8, 4) is 0 Å². The van der Waals surface area contributed by atoms with E-state index in [9.17, 15) is 19.5 Å². The standard InChI is InChI=1S/C27H33N5O5/c1-37-25-19-7-3-4-8-21(19)31-24(25)26(34)32-22(27(35)36)13-15-29-23(33)9-5-2-6-18-11-10-17-16-28-14-12-20(17)30-18/h3-4,7-8,10-11,22,25,28H,2,5-6,9,12-16H2,1H3,(H,29,33)(H,32,34)(H,35,36). The second-order valence-corrected chi connectivity index (χ2v) is 9.22. The highest BCUT2D eigenvalue weighted by Gasteiger charge is 2.33. The number of methoxy groups -OCH3 is 1. The molecular weight excluding hydrogens is 474 g/mol. The smallest absolute Gasteiger partial charge is 0.326 e. The number of aliphatic carboxylic acids is 1. The third-order valence-electron chi connectivity index (χ3n) is 6.60. The van der Waals surface area contributed by atoms with Gasteiger partial charge in [0.15, 0.2) is 0 Å². The molecule has 10 nitrogen and oxygen atoms in total. The number of fused-ring (bicyclic) bond motifs is 2. The summed E-state index contributed by atoms with van der Waals surface area (Å²) < 4.78 is 5.42. The van der Waals surface area contributed by atoms with E-state index in [1.807, 2.05) is 18.2 Å². The van der Waals surface area contributed by atoms with Crippen molar-refractivity contribution in [2.24, 2.45) is 4.99 Å². The van der Waals surface area contributed by atoms with Crippen molar-refractivity contribution >= 4 is 29.2 Å². The average Bonchev–Trinajstić information content (AvgIpc) is 3.29. The molecule has 3 heterocycles. The third-order valence-corrected chi connectivity index (χ3v) is 6.60. The number of rotatable bonds is 12. The molecule has 0 saturated carbocycles. The van der Waals surface area contributed by atoms with Crippen molar-refractivity contribution in [2.75, 3.05) is 20.2 Å². The Morgan fingerprint density at radius 2 is 2.03 bits per heavy atom. The lowest BCUT2D eigenvalue weighted by Crippen LogP contribution is -2.46. The Morgan fingerprint density at radius 1 is 1.19 bits per heavy atom. The summed E-state index contributed by atoms with van der Waals surface area (Å²) in [4.78, 5) is 45.8. The van der Waals surface area contributed by atoms with Crippen molar-refractivity contribution in [1.29, 1.82) is 0 Å². The lowest BCUT2D eigenvalue weighted by Gasteiger charge is -2.17. The maximum atomic E-state index is 12.8. The molecular formula is C27H33N5O5. The van der Waals surface area contributed by atoms with Crippen molar-refractivity contribution in [1.82, 2.24) is 20.9 Å². The number of benzene rings is 1. The number of nitrogens with zero attached hydrogens (tertiary/aromatic N) is 2. The Hall–Kier alpha value is -3.63. The number of hydrogen-bond donors (Lipinski definition) is 4. The zero-order chi connectivity index (χ0) is 26.2. The van der Waals surface area contributed by atoms with Gasteiger partial charge in [0.2, 0.25) is 5.91 Å². The van der Waals surface area contributed by atoms with Gasteiger partial charge in [0.05, 0.1) is 5.69 Å². The van der Waals surface area contributed by atoms with Gasteiger partial charge >= 0.3 is 5.97 Å². The van der Waals surface area contributed by atoms with Crippen LogP contribution in [0.1, 0.15) is 54.3 Å². The Kier molecular flexibility index (Phi) is 8.97. The van der Waals surface area contributed by atoms with Gasteiger partial charge in [-0.1, -0.05) is 24.3 Å². The quantitative estimate of drug-likeness (QED) is 0.322. The number of carbonyl (C=O) groups is 3. The summed E-state index contributed by atoms with van der Waals surface area (Å²) in [5.41, 5.74) is 4.96. The molecule has 4 N–H and O–H groups in total. The summed E-state index contributed by atoms with van der Waals surface area (Å²) in [5, 5.41) is 18.2. The number of carboxylic acids is 1. The highest BCUT2D eigenvalue weighted by atomic mass is 16.5. The summed E-state index contributed by atoms with van der Waals surface area (Å²) in [5.74, 6) is -1.93. The summed E-state index contributed by atoms with van der Waals surface area (Å²) in [6.45, 7) is 1.95. The number of aryl methyl sites for hydroxylation is 1. The molecule has 10 heteroatoms. The van der Waals surface area contributed by atoms with E-state index in [0.717, 1.165) is 49.3 Å². The first kappa shape index (κ1) is 26.4. The molecule has 4 rings (SSSR count). The molecule has 2 aliphatic heterocycles. The van der Waals surface area contributed by atoms with E-state index in [-0.39, 0.29) is 24.6 Å². The van der Waals surface area contributed by atoms with Crippen LogP contribution in [0.25, 0.3) is 0 Å². The van der Waals surface area contributed by atoms with Crippen LogP contribution in [-0.4, -0.2) is 59.8 Å². The summed E-state index contributed by atoms with van der Waals surface area (Å²) in [6.07, 6.45) is 3.07. The largest absolute Gasteiger partial charge is 0.480 e. The Morgan fingerprint density at radius 3 is 2.84 bits per heavy atom. The fourth-order valence-corrected chi connectivity index (χ4v) is 4.60. The van der Waals surface area contributed by atoms with E-state index in [1.54, 1.807) is 6.07 Å². The van der Waals surface area contributed by atoms with Gasteiger partial charge in [-0.2, -0.15) is 0 Å². The number of nitrogens with one attached hydrogen (secondary N) is 3. The highest BCUT2D eigenvalue weighted by Crippen LogP contribution is 2.35. The minimum absolute atomic E-state index is 0.0542. The predicted molar refractivity (Wildman–Crippen MR) is 138 cm³/mol. The second-order valence-electron chi connectivity index (χ2n) is 9.22. The molecule has 196 valence electrons. The highest BCUT2D eigenvalue weighted by molar-refractivity contribution is 6.42. The number of carbonyl (C=O) groups excluding carboxylic acids is 2. The monoisotopic (exact) mass is 507 g/mol. The zero-order valence-corrected chi connectivity index (χ0v) is 21.0. The van der Waals surface area contributed by atoms with Crippen molar-refractivity contribution in [2.45, 2.75) is 57.2 Å². The van der Waals surface area contributed by atoms with Crippen LogP contribution >= 0.6 is 0 Å². The molecule has 2 aliphatic rings. The second kappa shape index (κ2) is 12.6. The van der Waals surface area contributed by atoms with E-state index in [2.05, 4.69) is 33.1 Å². The maximum Gasteiger partial charge on any atom is 0.326 e. The normalized spacial score (nSPS) is 16.8. The van der Waals surface area contributed by atoms with Crippen LogP contribution in [0.2, 0.25) is 0 Å². The first-order valence-corrected chi connectivity index (χ1v) is 12.7. The fraction of sp³-hybridized carbons (Fsp3) is 0.444. The molecule has 2 aromatic rings. The van der Waals surface area contributed by atoms with E-state index in [4.69, 9.17) is 9.72 Å². The topological polar surface area (TPSA) is 142 Å². The molecule has 0 saturated heterocycles. The minimum Gasteiger partial charge on any atom is -0.480 e. The van der Waals surface area contributed by atoms with Crippen LogP contribution in [0.3, 0.4) is 0 Å². The van der Waals surface area contributed by atoms with Crippen LogP contribution in [0, 0.1) is 0 Å². The number of hydrogen-bond acceptors (Lipinski definition) is 7. The van der Waals surface area contributed by atoms with Crippen molar-refractivity contribution in [3.63, 3.8) is 0 Å². The van der Waals surface area contributed by atoms with Crippen molar-refractivity contribution in [3.05, 3.63) is 58.9 Å². The van der Waals surface area contributed by atoms with Crippen LogP contribution in [0.4, 0.5) is 5.69 Å². The molecule has 37 heavy (non-hydrogen) atoms. The van der Waals surface area contributed by atoms with Crippen molar-refractivity contribution < 1.29 is 24.2 Å². The van der Waals surface area contributed by atoms with Gasteiger partial charge in [0.25, 0.3) is 5.91 Å². The van der Waals surface area contributed by atoms with Gasteiger partial charge < -0.3 is 25.8 Å².